The number of nitrogens with one attached hydrogen (secondary N) is 1. The van der Waals surface area contributed by atoms with E-state index in [-0.39, 0.29) is 0 Å². The lowest BCUT2D eigenvalue weighted by Gasteiger charge is -2.28. The molecular formula is C17H29N3. The van der Waals surface area contributed by atoms with Crippen LogP contribution in [0, 0.1) is 11.8 Å². The van der Waals surface area contributed by atoms with Crippen LogP contribution in [0.2, 0.25) is 0 Å². The topological polar surface area (TPSA) is 29.9 Å². The quantitative estimate of drug-likeness (QED) is 0.913. The summed E-state index contributed by atoms with van der Waals surface area (Å²) in [5, 5.41) is 3.46. The maximum Gasteiger partial charge on any atom is 0.109 e. The van der Waals surface area contributed by atoms with Crippen molar-refractivity contribution in [2.45, 2.75) is 71.9 Å². The van der Waals surface area contributed by atoms with Crippen LogP contribution in [-0.4, -0.2) is 16.1 Å². The Morgan fingerprint density at radius 1 is 1.25 bits per heavy atom. The second-order valence-corrected chi connectivity index (χ2v) is 6.83. The Labute approximate surface area is 123 Å². The van der Waals surface area contributed by atoms with E-state index in [2.05, 4.69) is 23.7 Å². The summed E-state index contributed by atoms with van der Waals surface area (Å²) in [4.78, 5) is 4.92. The molecule has 0 saturated heterocycles. The lowest BCUT2D eigenvalue weighted by atomic mass is 9.83. The van der Waals surface area contributed by atoms with E-state index in [4.69, 9.17) is 4.98 Å². The van der Waals surface area contributed by atoms with Crippen molar-refractivity contribution in [3.05, 3.63) is 17.2 Å². The summed E-state index contributed by atoms with van der Waals surface area (Å²) in [7, 11) is 0. The number of hydrogen-bond acceptors (Lipinski definition) is 2. The van der Waals surface area contributed by atoms with E-state index in [1.807, 2.05) is 0 Å². The average Bonchev–Trinajstić information content (AvgIpc) is 2.80. The Kier molecular flexibility index (Phi) is 4.45. The summed E-state index contributed by atoms with van der Waals surface area (Å²) in [6, 6.07) is 0. The highest BCUT2D eigenvalue weighted by Gasteiger charge is 2.23. The molecule has 0 aromatic carbocycles. The summed E-state index contributed by atoms with van der Waals surface area (Å²) in [6.45, 7) is 7.99. The highest BCUT2D eigenvalue weighted by atomic mass is 15.1. The molecule has 112 valence electrons. The van der Waals surface area contributed by atoms with Gasteiger partial charge in [0.15, 0.2) is 0 Å². The van der Waals surface area contributed by atoms with Crippen molar-refractivity contribution in [1.82, 2.24) is 14.9 Å². The largest absolute Gasteiger partial charge is 0.331 e. The lowest BCUT2D eigenvalue weighted by molar-refractivity contribution is 0.260. The molecule has 1 N–H and O–H groups in total. The molecule has 0 atom stereocenters. The highest BCUT2D eigenvalue weighted by Crippen LogP contribution is 2.30. The van der Waals surface area contributed by atoms with Gasteiger partial charge in [-0.25, -0.2) is 4.98 Å². The first-order valence-electron chi connectivity index (χ1n) is 8.55. The maximum absolute atomic E-state index is 4.92. The minimum atomic E-state index is 0.884. The average molecular weight is 275 g/mol. The third-order valence-electron chi connectivity index (χ3n) is 5.12. The normalized spacial score (nSPS) is 26.5. The van der Waals surface area contributed by atoms with Crippen molar-refractivity contribution in [3.8, 4) is 0 Å². The number of hydrogen-bond donors (Lipinski definition) is 1. The second-order valence-electron chi connectivity index (χ2n) is 6.83. The minimum Gasteiger partial charge on any atom is -0.331 e. The van der Waals surface area contributed by atoms with Crippen molar-refractivity contribution < 1.29 is 0 Å². The van der Waals surface area contributed by atoms with Gasteiger partial charge >= 0.3 is 0 Å². The van der Waals surface area contributed by atoms with Crippen molar-refractivity contribution in [3.63, 3.8) is 0 Å². The predicted molar refractivity (Wildman–Crippen MR) is 82.8 cm³/mol. The molecule has 1 aliphatic carbocycles. The standard InChI is InChI=1S/C17H29N3/c1-3-4-17-19-15-11-18-10-9-16(15)20(17)12-14-7-5-13(2)6-8-14/h13-14,18H,3-12H2,1-2H3. The fraction of sp³-hybridized carbons (Fsp3) is 0.824. The summed E-state index contributed by atoms with van der Waals surface area (Å²) in [5.41, 5.74) is 2.86. The van der Waals surface area contributed by atoms with Gasteiger partial charge in [-0.3, -0.25) is 0 Å². The molecule has 1 aromatic rings. The number of aromatic nitrogens is 2. The van der Waals surface area contributed by atoms with E-state index in [0.29, 0.717) is 0 Å². The van der Waals surface area contributed by atoms with Gasteiger partial charge in [-0.1, -0.05) is 26.7 Å². The van der Waals surface area contributed by atoms with Crippen LogP contribution in [0.25, 0.3) is 0 Å². The number of aryl methyl sites for hydroxylation is 1. The van der Waals surface area contributed by atoms with Gasteiger partial charge in [0.1, 0.15) is 5.82 Å². The summed E-state index contributed by atoms with van der Waals surface area (Å²) < 4.78 is 2.60. The van der Waals surface area contributed by atoms with Gasteiger partial charge in [-0.05, 0) is 31.1 Å². The molecule has 2 aliphatic rings. The fourth-order valence-corrected chi connectivity index (χ4v) is 3.83. The molecule has 3 nitrogen and oxygen atoms in total. The first kappa shape index (κ1) is 14.1. The van der Waals surface area contributed by atoms with E-state index in [1.165, 1.54) is 55.9 Å². The van der Waals surface area contributed by atoms with E-state index in [0.717, 1.165) is 37.8 Å². The van der Waals surface area contributed by atoms with Crippen LogP contribution >= 0.6 is 0 Å². The summed E-state index contributed by atoms with van der Waals surface area (Å²) >= 11 is 0. The van der Waals surface area contributed by atoms with E-state index in [9.17, 15) is 0 Å². The minimum absolute atomic E-state index is 0.884. The van der Waals surface area contributed by atoms with Gasteiger partial charge in [-0.15, -0.1) is 0 Å². The van der Waals surface area contributed by atoms with Crippen molar-refractivity contribution in [2.24, 2.45) is 11.8 Å². The molecule has 0 unspecified atom stereocenters. The van der Waals surface area contributed by atoms with Crippen molar-refractivity contribution in [2.75, 3.05) is 6.54 Å². The Morgan fingerprint density at radius 3 is 2.80 bits per heavy atom. The van der Waals surface area contributed by atoms with E-state index in [1.54, 1.807) is 0 Å². The van der Waals surface area contributed by atoms with Crippen LogP contribution in [-0.2, 0) is 25.9 Å². The molecule has 3 rings (SSSR count). The third kappa shape index (κ3) is 2.93. The molecule has 3 heteroatoms. The molecular weight excluding hydrogens is 246 g/mol. The molecule has 20 heavy (non-hydrogen) atoms. The molecule has 0 bridgehead atoms. The monoisotopic (exact) mass is 275 g/mol. The number of rotatable bonds is 4. The Hall–Kier alpha value is -0.830. The van der Waals surface area contributed by atoms with Crippen molar-refractivity contribution in [1.29, 1.82) is 0 Å². The van der Waals surface area contributed by atoms with Crippen LogP contribution in [0.15, 0.2) is 0 Å². The van der Waals surface area contributed by atoms with E-state index < -0.39 is 0 Å². The molecule has 2 heterocycles. The third-order valence-corrected chi connectivity index (χ3v) is 5.12. The molecule has 0 spiro atoms. The van der Waals surface area contributed by atoms with Crippen LogP contribution in [0.1, 0.15) is 63.2 Å². The Morgan fingerprint density at radius 2 is 2.05 bits per heavy atom. The van der Waals surface area contributed by atoms with Gasteiger partial charge in [0, 0.05) is 38.2 Å². The number of fused-ring (bicyclic) bond motifs is 1. The second kappa shape index (κ2) is 6.30. The zero-order chi connectivity index (χ0) is 13.9. The van der Waals surface area contributed by atoms with Crippen LogP contribution < -0.4 is 5.32 Å². The first-order valence-corrected chi connectivity index (χ1v) is 8.55. The van der Waals surface area contributed by atoms with Crippen LogP contribution in [0.4, 0.5) is 0 Å². The Balaban J connectivity index is 1.78. The van der Waals surface area contributed by atoms with Gasteiger partial charge < -0.3 is 9.88 Å². The first-order chi connectivity index (χ1) is 9.78. The van der Waals surface area contributed by atoms with Gasteiger partial charge in [0.25, 0.3) is 0 Å². The maximum atomic E-state index is 4.92. The zero-order valence-corrected chi connectivity index (χ0v) is 13.1. The molecule has 1 aliphatic heterocycles. The molecule has 1 saturated carbocycles. The van der Waals surface area contributed by atoms with Gasteiger partial charge in [0.2, 0.25) is 0 Å². The zero-order valence-electron chi connectivity index (χ0n) is 13.1. The molecule has 0 radical (unpaired) electrons. The smallest absolute Gasteiger partial charge is 0.109 e. The summed E-state index contributed by atoms with van der Waals surface area (Å²) in [5.74, 6) is 3.18. The SMILES string of the molecule is CCCc1nc2c(n1CC1CCC(C)CC1)CCNC2. The van der Waals surface area contributed by atoms with Gasteiger partial charge in [-0.2, -0.15) is 0 Å². The van der Waals surface area contributed by atoms with Gasteiger partial charge in [0.05, 0.1) is 5.69 Å². The number of imidazole rings is 1. The van der Waals surface area contributed by atoms with Crippen molar-refractivity contribution >= 4 is 0 Å². The summed E-state index contributed by atoms with van der Waals surface area (Å²) in [6.07, 6.45) is 9.17. The van der Waals surface area contributed by atoms with Crippen LogP contribution in [0.5, 0.6) is 0 Å². The Bertz CT molecular complexity index is 441. The molecule has 0 amide bonds. The predicted octanol–water partition coefficient (Wildman–Crippen LogP) is 3.31. The van der Waals surface area contributed by atoms with Crippen LogP contribution in [0.3, 0.4) is 0 Å². The highest BCUT2D eigenvalue weighted by molar-refractivity contribution is 5.20. The molecule has 1 fully saturated rings. The van der Waals surface area contributed by atoms with E-state index >= 15 is 0 Å². The fourth-order valence-electron chi connectivity index (χ4n) is 3.83. The molecule has 1 aromatic heterocycles. The lowest BCUT2D eigenvalue weighted by Crippen LogP contribution is -2.26. The number of nitrogens with zero attached hydrogens (tertiary/aromatic N) is 2.